The van der Waals surface area contributed by atoms with Crippen molar-refractivity contribution in [3.63, 3.8) is 0 Å². The van der Waals surface area contributed by atoms with Crippen LogP contribution in [0.25, 0.3) is 0 Å². The Hall–Kier alpha value is -0.120. The summed E-state index contributed by atoms with van der Waals surface area (Å²) in [6.07, 6.45) is 1.03. The molecule has 2 unspecified atom stereocenters. The van der Waals surface area contributed by atoms with Gasteiger partial charge in [-0.2, -0.15) is 0 Å². The van der Waals surface area contributed by atoms with E-state index in [1.54, 1.807) is 0 Å². The Balaban J connectivity index is 2.20. The van der Waals surface area contributed by atoms with E-state index in [4.69, 9.17) is 10.5 Å². The maximum Gasteiger partial charge on any atom is 0.0620 e. The summed E-state index contributed by atoms with van der Waals surface area (Å²) >= 11 is 0. The van der Waals surface area contributed by atoms with Crippen LogP contribution in [-0.2, 0) is 4.74 Å². The highest BCUT2D eigenvalue weighted by molar-refractivity contribution is 4.77. The van der Waals surface area contributed by atoms with Crippen LogP contribution in [0, 0.1) is 5.92 Å². The van der Waals surface area contributed by atoms with Crippen LogP contribution < -0.4 is 11.1 Å². The van der Waals surface area contributed by atoms with E-state index >= 15 is 0 Å². The van der Waals surface area contributed by atoms with Crippen molar-refractivity contribution >= 4 is 0 Å². The smallest absolute Gasteiger partial charge is 0.0620 e. The Morgan fingerprint density at radius 3 is 2.83 bits per heavy atom. The first-order valence-electron chi connectivity index (χ1n) is 4.77. The highest BCUT2D eigenvalue weighted by Gasteiger charge is 2.17. The summed E-state index contributed by atoms with van der Waals surface area (Å²) in [6.45, 7) is 6.95. The van der Waals surface area contributed by atoms with Crippen molar-refractivity contribution in [2.45, 2.75) is 32.4 Å². The molecule has 0 radical (unpaired) electrons. The molecule has 12 heavy (non-hydrogen) atoms. The fraction of sp³-hybridized carbons (Fsp3) is 1.00. The van der Waals surface area contributed by atoms with Crippen molar-refractivity contribution in [2.75, 3.05) is 19.8 Å². The molecule has 3 nitrogen and oxygen atoms in total. The first-order valence-corrected chi connectivity index (χ1v) is 4.77. The number of rotatable bonds is 3. The van der Waals surface area contributed by atoms with Crippen LogP contribution in [0.3, 0.4) is 0 Å². The van der Waals surface area contributed by atoms with Gasteiger partial charge in [-0.25, -0.2) is 0 Å². The van der Waals surface area contributed by atoms with Crippen LogP contribution in [-0.4, -0.2) is 31.8 Å². The molecule has 1 rings (SSSR count). The Kier molecular flexibility index (Phi) is 3.98. The Morgan fingerprint density at radius 1 is 1.58 bits per heavy atom. The van der Waals surface area contributed by atoms with Crippen molar-refractivity contribution in [1.82, 2.24) is 5.32 Å². The van der Waals surface area contributed by atoms with Gasteiger partial charge in [0.15, 0.2) is 0 Å². The molecular weight excluding hydrogens is 152 g/mol. The molecule has 1 saturated heterocycles. The van der Waals surface area contributed by atoms with Crippen LogP contribution in [0.1, 0.15) is 20.3 Å². The SMILES string of the molecule is CC(C)C(N)CC1COCCN1. The Bertz CT molecular complexity index is 122. The van der Waals surface area contributed by atoms with E-state index in [1.807, 2.05) is 0 Å². The predicted molar refractivity (Wildman–Crippen MR) is 50.0 cm³/mol. The minimum absolute atomic E-state index is 0.296. The number of nitrogens with two attached hydrogens (primary N) is 1. The standard InChI is InChI=1S/C9H20N2O/c1-7(2)9(10)5-8-6-12-4-3-11-8/h7-9,11H,3-6,10H2,1-2H3. The maximum atomic E-state index is 5.95. The van der Waals surface area contributed by atoms with Gasteiger partial charge in [0.05, 0.1) is 13.2 Å². The second kappa shape index (κ2) is 4.80. The first kappa shape index (κ1) is 9.96. The fourth-order valence-corrected chi connectivity index (χ4v) is 1.37. The molecule has 0 bridgehead atoms. The zero-order valence-corrected chi connectivity index (χ0v) is 8.05. The number of hydrogen-bond donors (Lipinski definition) is 2. The summed E-state index contributed by atoms with van der Waals surface area (Å²) in [5.41, 5.74) is 5.95. The minimum atomic E-state index is 0.296. The summed E-state index contributed by atoms with van der Waals surface area (Å²) in [4.78, 5) is 0. The number of morpholine rings is 1. The third-order valence-corrected chi connectivity index (χ3v) is 2.41. The summed E-state index contributed by atoms with van der Waals surface area (Å²) < 4.78 is 5.34. The lowest BCUT2D eigenvalue weighted by Crippen LogP contribution is -2.45. The van der Waals surface area contributed by atoms with Gasteiger partial charge in [-0.15, -0.1) is 0 Å². The molecule has 1 aliphatic rings. The largest absolute Gasteiger partial charge is 0.379 e. The topological polar surface area (TPSA) is 47.3 Å². The van der Waals surface area contributed by atoms with Gasteiger partial charge in [0.1, 0.15) is 0 Å². The van der Waals surface area contributed by atoms with E-state index in [0.29, 0.717) is 18.0 Å². The highest BCUT2D eigenvalue weighted by atomic mass is 16.5. The summed E-state index contributed by atoms with van der Waals surface area (Å²) in [6, 6.07) is 0.764. The lowest BCUT2D eigenvalue weighted by Gasteiger charge is -2.27. The zero-order valence-electron chi connectivity index (χ0n) is 8.05. The molecule has 0 spiro atoms. The van der Waals surface area contributed by atoms with E-state index in [0.717, 1.165) is 26.2 Å². The number of hydrogen-bond acceptors (Lipinski definition) is 3. The molecule has 72 valence electrons. The van der Waals surface area contributed by atoms with E-state index in [-0.39, 0.29) is 0 Å². The average molecular weight is 172 g/mol. The van der Waals surface area contributed by atoms with Crippen LogP contribution in [0.4, 0.5) is 0 Å². The van der Waals surface area contributed by atoms with E-state index < -0.39 is 0 Å². The lowest BCUT2D eigenvalue weighted by molar-refractivity contribution is 0.0704. The monoisotopic (exact) mass is 172 g/mol. The molecule has 0 aliphatic carbocycles. The Morgan fingerprint density at radius 2 is 2.33 bits per heavy atom. The molecular formula is C9H20N2O. The first-order chi connectivity index (χ1) is 5.70. The summed E-state index contributed by atoms with van der Waals surface area (Å²) in [7, 11) is 0. The lowest BCUT2D eigenvalue weighted by atomic mass is 9.98. The van der Waals surface area contributed by atoms with Crippen LogP contribution >= 0.6 is 0 Å². The molecule has 3 heteroatoms. The zero-order chi connectivity index (χ0) is 8.97. The molecule has 1 aliphatic heterocycles. The van der Waals surface area contributed by atoms with E-state index in [2.05, 4.69) is 19.2 Å². The van der Waals surface area contributed by atoms with E-state index in [1.165, 1.54) is 0 Å². The van der Waals surface area contributed by atoms with Crippen LogP contribution in [0.5, 0.6) is 0 Å². The summed E-state index contributed by atoms with van der Waals surface area (Å²) in [5, 5.41) is 3.40. The van der Waals surface area contributed by atoms with Gasteiger partial charge >= 0.3 is 0 Å². The maximum absolute atomic E-state index is 5.95. The third kappa shape index (κ3) is 3.09. The van der Waals surface area contributed by atoms with Crippen molar-refractivity contribution < 1.29 is 4.74 Å². The molecule has 0 aromatic heterocycles. The van der Waals surface area contributed by atoms with Crippen molar-refractivity contribution in [3.8, 4) is 0 Å². The highest BCUT2D eigenvalue weighted by Crippen LogP contribution is 2.07. The van der Waals surface area contributed by atoms with Crippen LogP contribution in [0.15, 0.2) is 0 Å². The normalized spacial score (nSPS) is 27.5. The molecule has 2 atom stereocenters. The molecule has 0 aromatic carbocycles. The van der Waals surface area contributed by atoms with Gasteiger partial charge in [-0.3, -0.25) is 0 Å². The summed E-state index contributed by atoms with van der Waals surface area (Å²) in [5.74, 6) is 0.564. The van der Waals surface area contributed by atoms with Crippen molar-refractivity contribution in [1.29, 1.82) is 0 Å². The van der Waals surface area contributed by atoms with Gasteiger partial charge in [0.2, 0.25) is 0 Å². The molecule has 0 aromatic rings. The molecule has 1 heterocycles. The Labute approximate surface area is 74.7 Å². The van der Waals surface area contributed by atoms with Gasteiger partial charge < -0.3 is 15.8 Å². The second-order valence-corrected chi connectivity index (χ2v) is 3.87. The predicted octanol–water partition coefficient (Wildman–Crippen LogP) is 0.348. The van der Waals surface area contributed by atoms with Gasteiger partial charge in [-0.1, -0.05) is 13.8 Å². The minimum Gasteiger partial charge on any atom is -0.379 e. The van der Waals surface area contributed by atoms with E-state index in [9.17, 15) is 0 Å². The fourth-order valence-electron chi connectivity index (χ4n) is 1.37. The van der Waals surface area contributed by atoms with Gasteiger partial charge in [0.25, 0.3) is 0 Å². The number of nitrogens with one attached hydrogen (secondary N) is 1. The molecule has 1 fully saturated rings. The number of ether oxygens (including phenoxy) is 1. The van der Waals surface area contributed by atoms with Crippen molar-refractivity contribution in [2.24, 2.45) is 11.7 Å². The van der Waals surface area contributed by atoms with Gasteiger partial charge in [0, 0.05) is 18.6 Å². The second-order valence-electron chi connectivity index (χ2n) is 3.87. The van der Waals surface area contributed by atoms with Crippen LogP contribution in [0.2, 0.25) is 0 Å². The molecule has 0 saturated carbocycles. The molecule has 0 amide bonds. The van der Waals surface area contributed by atoms with Gasteiger partial charge in [-0.05, 0) is 12.3 Å². The quantitative estimate of drug-likeness (QED) is 0.645. The third-order valence-electron chi connectivity index (χ3n) is 2.41. The average Bonchev–Trinajstić information content (AvgIpc) is 2.06. The molecule has 3 N–H and O–H groups in total. The van der Waals surface area contributed by atoms with Crippen molar-refractivity contribution in [3.05, 3.63) is 0 Å².